The van der Waals surface area contributed by atoms with Gasteiger partial charge in [0.2, 0.25) is 0 Å². The predicted molar refractivity (Wildman–Crippen MR) is 65.5 cm³/mol. The third-order valence-electron chi connectivity index (χ3n) is 1.92. The second kappa shape index (κ2) is 5.28. The highest BCUT2D eigenvalue weighted by atomic mass is 32.2. The Balaban J connectivity index is 2.59. The molecular weight excluding hydrogens is 249 g/mol. The molecule has 1 unspecified atom stereocenters. The summed E-state index contributed by atoms with van der Waals surface area (Å²) >= 11 is 1.22. The van der Waals surface area contributed by atoms with Gasteiger partial charge in [0.1, 0.15) is 9.84 Å². The summed E-state index contributed by atoms with van der Waals surface area (Å²) in [5, 5.41) is 17.8. The van der Waals surface area contributed by atoms with Crippen LogP contribution in [0.2, 0.25) is 0 Å². The van der Waals surface area contributed by atoms with Gasteiger partial charge in [0.05, 0.1) is 5.75 Å². The molecule has 8 heteroatoms. The van der Waals surface area contributed by atoms with Crippen molar-refractivity contribution >= 4 is 33.1 Å². The van der Waals surface area contributed by atoms with Gasteiger partial charge in [-0.2, -0.15) is 0 Å². The summed E-state index contributed by atoms with van der Waals surface area (Å²) in [6.07, 6.45) is 1.56. The van der Waals surface area contributed by atoms with Gasteiger partial charge in [-0.25, -0.2) is 8.42 Å². The maximum Gasteiger partial charge on any atom is 0.499 e. The van der Waals surface area contributed by atoms with Crippen molar-refractivity contribution in [2.24, 2.45) is 5.73 Å². The lowest BCUT2D eigenvalue weighted by atomic mass is 9.90. The van der Waals surface area contributed by atoms with E-state index in [1.807, 2.05) is 0 Å². The molecule has 5 nitrogen and oxygen atoms in total. The van der Waals surface area contributed by atoms with Crippen molar-refractivity contribution in [3.63, 3.8) is 0 Å². The molecule has 0 aliphatic rings. The van der Waals surface area contributed by atoms with Crippen molar-refractivity contribution < 1.29 is 18.5 Å². The summed E-state index contributed by atoms with van der Waals surface area (Å²) in [4.78, 5) is 0.847. The SMILES string of the molecule is CS(=O)(=O)CC(N)Cc1ccc(B(O)O)s1. The summed E-state index contributed by atoms with van der Waals surface area (Å²) < 4.78 is 22.4. The van der Waals surface area contributed by atoms with Gasteiger partial charge >= 0.3 is 7.12 Å². The second-order valence-electron chi connectivity index (χ2n) is 3.73. The van der Waals surface area contributed by atoms with Gasteiger partial charge in [0, 0.05) is 22.0 Å². The van der Waals surface area contributed by atoms with Crippen LogP contribution < -0.4 is 10.5 Å². The van der Waals surface area contributed by atoms with Crippen LogP contribution in [0.4, 0.5) is 0 Å². The van der Waals surface area contributed by atoms with Gasteiger partial charge in [-0.3, -0.25) is 0 Å². The van der Waals surface area contributed by atoms with Crippen LogP contribution >= 0.6 is 11.3 Å². The second-order valence-corrected chi connectivity index (χ2v) is 7.12. The minimum absolute atomic E-state index is 0.0675. The molecule has 0 aliphatic carbocycles. The minimum Gasteiger partial charge on any atom is -0.423 e. The molecule has 0 fully saturated rings. The molecular formula is C8H14BNO4S2. The quantitative estimate of drug-likeness (QED) is 0.552. The lowest BCUT2D eigenvalue weighted by Crippen LogP contribution is -2.31. The van der Waals surface area contributed by atoms with Crippen LogP contribution in [-0.2, 0) is 16.3 Å². The lowest BCUT2D eigenvalue weighted by molar-refractivity contribution is 0.427. The van der Waals surface area contributed by atoms with Gasteiger partial charge in [-0.1, -0.05) is 6.07 Å². The molecule has 1 heterocycles. The topological polar surface area (TPSA) is 101 Å². The monoisotopic (exact) mass is 263 g/mol. The Morgan fingerprint density at radius 1 is 1.50 bits per heavy atom. The normalized spacial score (nSPS) is 13.8. The summed E-state index contributed by atoms with van der Waals surface area (Å²) in [5.41, 5.74) is 5.68. The van der Waals surface area contributed by atoms with Gasteiger partial charge in [0.25, 0.3) is 0 Å². The van der Waals surface area contributed by atoms with Crippen LogP contribution in [0.25, 0.3) is 0 Å². The molecule has 0 bridgehead atoms. The van der Waals surface area contributed by atoms with E-state index in [-0.39, 0.29) is 5.75 Å². The molecule has 16 heavy (non-hydrogen) atoms. The van der Waals surface area contributed by atoms with E-state index in [2.05, 4.69) is 0 Å². The van der Waals surface area contributed by atoms with E-state index in [1.165, 1.54) is 11.3 Å². The van der Waals surface area contributed by atoms with Crippen LogP contribution in [0.3, 0.4) is 0 Å². The summed E-state index contributed by atoms with van der Waals surface area (Å²) in [7, 11) is -4.55. The highest BCUT2D eigenvalue weighted by Crippen LogP contribution is 2.10. The molecule has 0 aliphatic heterocycles. The maximum atomic E-state index is 11.0. The number of nitrogens with two attached hydrogens (primary N) is 1. The molecule has 1 atom stereocenters. The summed E-state index contributed by atoms with van der Waals surface area (Å²) in [6.45, 7) is 0. The maximum absolute atomic E-state index is 11.0. The largest absolute Gasteiger partial charge is 0.499 e. The Morgan fingerprint density at radius 2 is 2.12 bits per heavy atom. The molecule has 1 aromatic heterocycles. The molecule has 0 radical (unpaired) electrons. The highest BCUT2D eigenvalue weighted by Gasteiger charge is 2.16. The standard InChI is InChI=1S/C8H14BNO4S2/c1-16(13,14)5-6(10)4-7-2-3-8(15-7)9(11)12/h2-3,6,11-12H,4-5,10H2,1H3. The van der Waals surface area contributed by atoms with E-state index >= 15 is 0 Å². The first-order chi connectivity index (χ1) is 7.28. The van der Waals surface area contributed by atoms with Gasteiger partial charge in [-0.15, -0.1) is 11.3 Å². The van der Waals surface area contributed by atoms with E-state index in [9.17, 15) is 8.42 Å². The van der Waals surface area contributed by atoms with Crippen molar-refractivity contribution in [1.29, 1.82) is 0 Å². The number of hydrogen-bond acceptors (Lipinski definition) is 6. The number of rotatable bonds is 5. The van der Waals surface area contributed by atoms with Gasteiger partial charge in [-0.05, 0) is 12.5 Å². The third-order valence-corrected chi connectivity index (χ3v) is 4.10. The van der Waals surface area contributed by atoms with Crippen molar-refractivity contribution in [1.82, 2.24) is 0 Å². The Labute approximate surface area is 99.0 Å². The third kappa shape index (κ3) is 4.62. The van der Waals surface area contributed by atoms with E-state index in [0.717, 1.165) is 11.1 Å². The molecule has 0 saturated heterocycles. The van der Waals surface area contributed by atoms with Crippen LogP contribution in [0.1, 0.15) is 4.88 Å². The zero-order valence-electron chi connectivity index (χ0n) is 8.83. The Morgan fingerprint density at radius 3 is 2.56 bits per heavy atom. The van der Waals surface area contributed by atoms with Gasteiger partial charge < -0.3 is 15.8 Å². The van der Waals surface area contributed by atoms with Crippen LogP contribution in [0.5, 0.6) is 0 Å². The fraction of sp³-hybridized carbons (Fsp3) is 0.500. The average Bonchev–Trinajstić information content (AvgIpc) is 2.48. The molecule has 1 aromatic rings. The van der Waals surface area contributed by atoms with E-state index in [0.29, 0.717) is 11.2 Å². The fourth-order valence-corrected chi connectivity index (χ4v) is 3.22. The van der Waals surface area contributed by atoms with Crippen molar-refractivity contribution in [2.75, 3.05) is 12.0 Å². The summed E-state index contributed by atoms with van der Waals surface area (Å²) in [6, 6.07) is 2.86. The lowest BCUT2D eigenvalue weighted by Gasteiger charge is -2.08. The molecule has 1 rings (SSSR count). The first-order valence-electron chi connectivity index (χ1n) is 4.66. The number of thiophene rings is 1. The number of hydrogen-bond donors (Lipinski definition) is 3. The Bertz CT molecular complexity index is 443. The van der Waals surface area contributed by atoms with E-state index in [4.69, 9.17) is 15.8 Å². The van der Waals surface area contributed by atoms with Crippen LogP contribution in [0.15, 0.2) is 12.1 Å². The zero-order valence-corrected chi connectivity index (χ0v) is 10.5. The number of sulfone groups is 1. The fourth-order valence-electron chi connectivity index (χ4n) is 1.35. The first-order valence-corrected chi connectivity index (χ1v) is 7.53. The van der Waals surface area contributed by atoms with Gasteiger partial charge in [0.15, 0.2) is 0 Å². The van der Waals surface area contributed by atoms with Crippen LogP contribution in [0, 0.1) is 0 Å². The molecule has 4 N–H and O–H groups in total. The highest BCUT2D eigenvalue weighted by molar-refractivity contribution is 7.90. The van der Waals surface area contributed by atoms with Crippen molar-refractivity contribution in [3.8, 4) is 0 Å². The molecule has 0 saturated carbocycles. The first kappa shape index (κ1) is 13.7. The Kier molecular flexibility index (Phi) is 4.51. The molecule has 90 valence electrons. The zero-order chi connectivity index (χ0) is 12.3. The predicted octanol–water partition coefficient (Wildman–Crippen LogP) is -1.66. The van der Waals surface area contributed by atoms with E-state index in [1.54, 1.807) is 12.1 Å². The molecule has 0 amide bonds. The molecule has 0 spiro atoms. The van der Waals surface area contributed by atoms with Crippen molar-refractivity contribution in [2.45, 2.75) is 12.5 Å². The van der Waals surface area contributed by atoms with Crippen molar-refractivity contribution in [3.05, 3.63) is 17.0 Å². The van der Waals surface area contributed by atoms with Crippen LogP contribution in [-0.4, -0.2) is 43.6 Å². The summed E-state index contributed by atoms with van der Waals surface area (Å²) in [5.74, 6) is -0.0675. The average molecular weight is 263 g/mol. The van der Waals surface area contributed by atoms with E-state index < -0.39 is 23.0 Å². The smallest absolute Gasteiger partial charge is 0.423 e. The Hall–Kier alpha value is -0.405. The molecule has 0 aromatic carbocycles. The minimum atomic E-state index is -3.07.